The van der Waals surface area contributed by atoms with E-state index in [1.807, 2.05) is 0 Å². The molecule has 0 unspecified atom stereocenters. The third-order valence-corrected chi connectivity index (χ3v) is 4.45. The number of rotatable bonds is 3. The van der Waals surface area contributed by atoms with E-state index in [1.54, 1.807) is 5.56 Å². The molecular formula is C18H30N2. The first-order valence-electron chi connectivity index (χ1n) is 7.91. The molecule has 0 radical (unpaired) electrons. The maximum absolute atomic E-state index is 3.42. The summed E-state index contributed by atoms with van der Waals surface area (Å²) in [5.41, 5.74) is 6.18. The lowest BCUT2D eigenvalue weighted by atomic mass is 9.83. The van der Waals surface area contributed by atoms with Crippen molar-refractivity contribution in [2.45, 2.75) is 46.5 Å². The summed E-state index contributed by atoms with van der Waals surface area (Å²) >= 11 is 0. The molecule has 1 aromatic carbocycles. The van der Waals surface area contributed by atoms with Gasteiger partial charge in [-0.3, -0.25) is 0 Å². The number of hydrogen-bond acceptors (Lipinski definition) is 2. The Morgan fingerprint density at radius 3 is 2.10 bits per heavy atom. The summed E-state index contributed by atoms with van der Waals surface area (Å²) in [6.07, 6.45) is 1.18. The summed E-state index contributed by atoms with van der Waals surface area (Å²) in [4.78, 5) is 2.58. The summed E-state index contributed by atoms with van der Waals surface area (Å²) < 4.78 is 0. The summed E-state index contributed by atoms with van der Waals surface area (Å²) in [6.45, 7) is 17.3. The predicted octanol–water partition coefficient (Wildman–Crippen LogP) is 3.05. The molecule has 112 valence electrons. The average molecular weight is 274 g/mol. The largest absolute Gasteiger partial charge is 0.314 e. The maximum atomic E-state index is 3.42. The van der Waals surface area contributed by atoms with Crippen molar-refractivity contribution in [2.75, 3.05) is 32.7 Å². The Morgan fingerprint density at radius 2 is 1.60 bits per heavy atom. The number of piperazine rings is 1. The van der Waals surface area contributed by atoms with Crippen LogP contribution in [0, 0.1) is 13.8 Å². The normalized spacial score (nSPS) is 17.4. The first-order chi connectivity index (χ1) is 9.38. The highest BCUT2D eigenvalue weighted by Crippen LogP contribution is 2.27. The molecule has 20 heavy (non-hydrogen) atoms. The zero-order valence-corrected chi connectivity index (χ0v) is 13.8. The highest BCUT2D eigenvalue weighted by Gasteiger charge is 2.17. The fraction of sp³-hybridized carbons (Fsp3) is 0.667. The number of hydrogen-bond donors (Lipinski definition) is 1. The highest BCUT2D eigenvalue weighted by molar-refractivity contribution is 5.40. The van der Waals surface area contributed by atoms with Crippen LogP contribution in [0.25, 0.3) is 0 Å². The number of aryl methyl sites for hydroxylation is 2. The Hall–Kier alpha value is -0.860. The van der Waals surface area contributed by atoms with Gasteiger partial charge in [-0.15, -0.1) is 0 Å². The van der Waals surface area contributed by atoms with Crippen LogP contribution in [-0.2, 0) is 11.8 Å². The van der Waals surface area contributed by atoms with Crippen molar-refractivity contribution in [2.24, 2.45) is 0 Å². The molecule has 0 aliphatic carbocycles. The van der Waals surface area contributed by atoms with E-state index in [0.29, 0.717) is 0 Å². The second-order valence-electron chi connectivity index (χ2n) is 7.18. The summed E-state index contributed by atoms with van der Waals surface area (Å²) in [5.74, 6) is 0. The van der Waals surface area contributed by atoms with Gasteiger partial charge in [0.2, 0.25) is 0 Å². The Kier molecular flexibility index (Phi) is 4.87. The van der Waals surface area contributed by atoms with Crippen molar-refractivity contribution in [1.29, 1.82) is 0 Å². The maximum Gasteiger partial charge on any atom is 0.0108 e. The second-order valence-corrected chi connectivity index (χ2v) is 7.18. The van der Waals surface area contributed by atoms with Crippen molar-refractivity contribution in [3.05, 3.63) is 34.4 Å². The number of benzene rings is 1. The van der Waals surface area contributed by atoms with Crippen molar-refractivity contribution >= 4 is 0 Å². The minimum atomic E-state index is 0.243. The van der Waals surface area contributed by atoms with Crippen LogP contribution in [-0.4, -0.2) is 37.6 Å². The Balaban J connectivity index is 2.08. The molecule has 1 saturated heterocycles. The third kappa shape index (κ3) is 3.83. The van der Waals surface area contributed by atoms with Crippen molar-refractivity contribution in [3.8, 4) is 0 Å². The van der Waals surface area contributed by atoms with Gasteiger partial charge in [-0.05, 0) is 47.9 Å². The number of nitrogens with zero attached hydrogens (tertiary/aromatic N) is 1. The minimum Gasteiger partial charge on any atom is -0.314 e. The van der Waals surface area contributed by atoms with E-state index in [4.69, 9.17) is 0 Å². The van der Waals surface area contributed by atoms with Crippen LogP contribution in [0.2, 0.25) is 0 Å². The van der Waals surface area contributed by atoms with Gasteiger partial charge in [0.1, 0.15) is 0 Å². The molecule has 1 N–H and O–H groups in total. The van der Waals surface area contributed by atoms with Crippen molar-refractivity contribution in [1.82, 2.24) is 10.2 Å². The fourth-order valence-electron chi connectivity index (χ4n) is 3.03. The molecule has 1 fully saturated rings. The van der Waals surface area contributed by atoms with E-state index < -0.39 is 0 Å². The summed E-state index contributed by atoms with van der Waals surface area (Å²) in [5, 5.41) is 3.42. The molecule has 1 aliphatic rings. The Bertz CT molecular complexity index is 428. The minimum absolute atomic E-state index is 0.243. The van der Waals surface area contributed by atoms with Gasteiger partial charge < -0.3 is 10.2 Å². The zero-order valence-electron chi connectivity index (χ0n) is 13.8. The van der Waals surface area contributed by atoms with E-state index in [-0.39, 0.29) is 5.41 Å². The van der Waals surface area contributed by atoms with E-state index in [9.17, 15) is 0 Å². The SMILES string of the molecule is Cc1cc(C(C)(C)C)cc(C)c1CCN1CCNCC1. The van der Waals surface area contributed by atoms with Gasteiger partial charge in [0.25, 0.3) is 0 Å². The van der Waals surface area contributed by atoms with E-state index in [0.717, 1.165) is 13.1 Å². The molecular weight excluding hydrogens is 244 g/mol. The van der Waals surface area contributed by atoms with Crippen LogP contribution in [0.4, 0.5) is 0 Å². The molecule has 2 rings (SSSR count). The lowest BCUT2D eigenvalue weighted by Crippen LogP contribution is -2.44. The van der Waals surface area contributed by atoms with Gasteiger partial charge in [0, 0.05) is 32.7 Å². The van der Waals surface area contributed by atoms with Crippen molar-refractivity contribution in [3.63, 3.8) is 0 Å². The lowest BCUT2D eigenvalue weighted by Gasteiger charge is -2.28. The molecule has 0 spiro atoms. The molecule has 0 amide bonds. The van der Waals surface area contributed by atoms with E-state index in [1.165, 1.54) is 42.7 Å². The molecule has 2 nitrogen and oxygen atoms in total. The summed E-state index contributed by atoms with van der Waals surface area (Å²) in [7, 11) is 0. The molecule has 1 aromatic rings. The summed E-state index contributed by atoms with van der Waals surface area (Å²) in [6, 6.07) is 4.78. The molecule has 0 bridgehead atoms. The first-order valence-corrected chi connectivity index (χ1v) is 7.91. The number of nitrogens with one attached hydrogen (secondary N) is 1. The quantitative estimate of drug-likeness (QED) is 0.911. The lowest BCUT2D eigenvalue weighted by molar-refractivity contribution is 0.243. The third-order valence-electron chi connectivity index (χ3n) is 4.45. The van der Waals surface area contributed by atoms with Crippen LogP contribution >= 0.6 is 0 Å². The van der Waals surface area contributed by atoms with Crippen LogP contribution in [0.3, 0.4) is 0 Å². The van der Waals surface area contributed by atoms with Crippen LogP contribution in [0.1, 0.15) is 43.0 Å². The zero-order chi connectivity index (χ0) is 14.8. The second kappa shape index (κ2) is 6.28. The fourth-order valence-corrected chi connectivity index (χ4v) is 3.03. The van der Waals surface area contributed by atoms with Crippen LogP contribution < -0.4 is 5.32 Å². The molecule has 1 aliphatic heterocycles. The highest BCUT2D eigenvalue weighted by atomic mass is 15.2. The predicted molar refractivity (Wildman–Crippen MR) is 87.6 cm³/mol. The van der Waals surface area contributed by atoms with Gasteiger partial charge in [-0.25, -0.2) is 0 Å². The standard InChI is InChI=1S/C18H30N2/c1-14-12-16(18(3,4)5)13-15(2)17(14)6-9-20-10-7-19-8-11-20/h12-13,19H,6-11H2,1-5H3. The molecule has 0 saturated carbocycles. The Labute approximate surface area is 124 Å². The van der Waals surface area contributed by atoms with Gasteiger partial charge in [-0.1, -0.05) is 32.9 Å². The smallest absolute Gasteiger partial charge is 0.0108 e. The van der Waals surface area contributed by atoms with E-state index >= 15 is 0 Å². The van der Waals surface area contributed by atoms with Crippen LogP contribution in [0.15, 0.2) is 12.1 Å². The Morgan fingerprint density at radius 1 is 1.05 bits per heavy atom. The molecule has 2 heteroatoms. The van der Waals surface area contributed by atoms with Crippen LogP contribution in [0.5, 0.6) is 0 Å². The molecule has 0 aromatic heterocycles. The van der Waals surface area contributed by atoms with E-state index in [2.05, 4.69) is 57.0 Å². The van der Waals surface area contributed by atoms with Gasteiger partial charge >= 0.3 is 0 Å². The molecule has 0 atom stereocenters. The van der Waals surface area contributed by atoms with Gasteiger partial charge in [-0.2, -0.15) is 0 Å². The first kappa shape index (κ1) is 15.5. The molecule has 1 heterocycles. The monoisotopic (exact) mass is 274 g/mol. The van der Waals surface area contributed by atoms with Gasteiger partial charge in [0.05, 0.1) is 0 Å². The topological polar surface area (TPSA) is 15.3 Å². The van der Waals surface area contributed by atoms with Crippen molar-refractivity contribution < 1.29 is 0 Å². The van der Waals surface area contributed by atoms with Gasteiger partial charge in [0.15, 0.2) is 0 Å². The average Bonchev–Trinajstić information content (AvgIpc) is 2.37.